The van der Waals surface area contributed by atoms with Gasteiger partial charge >= 0.3 is 6.18 Å². The third-order valence-corrected chi connectivity index (χ3v) is 4.41. The molecule has 2 unspecified atom stereocenters. The van der Waals surface area contributed by atoms with Gasteiger partial charge in [0.2, 0.25) is 11.9 Å². The van der Waals surface area contributed by atoms with Crippen LogP contribution < -0.4 is 10.6 Å². The molecule has 1 heterocycles. The number of aliphatic hydroxyl groups is 1. The van der Waals surface area contributed by atoms with Crippen LogP contribution in [-0.2, 0) is 0 Å². The van der Waals surface area contributed by atoms with Gasteiger partial charge in [-0.1, -0.05) is 0 Å². The molecule has 2 atom stereocenters. The summed E-state index contributed by atoms with van der Waals surface area (Å²) in [7, 11) is 0. The molecule has 1 saturated carbocycles. The average Bonchev–Trinajstić information content (AvgIpc) is 2.57. The number of halogens is 6. The summed E-state index contributed by atoms with van der Waals surface area (Å²) in [5, 5.41) is 14.4. The van der Waals surface area contributed by atoms with Crippen LogP contribution in [0.3, 0.4) is 0 Å². The monoisotopic (exact) mass is 447 g/mol. The summed E-state index contributed by atoms with van der Waals surface area (Å²) in [6.07, 6.45) is -10.5. The van der Waals surface area contributed by atoms with Gasteiger partial charge in [0, 0.05) is 27.2 Å². The van der Waals surface area contributed by atoms with Crippen LogP contribution in [0.4, 0.5) is 38.2 Å². The van der Waals surface area contributed by atoms with Gasteiger partial charge in [0.1, 0.15) is 18.0 Å². The Labute approximate surface area is 172 Å². The van der Waals surface area contributed by atoms with Crippen LogP contribution in [0.15, 0.2) is 5.83 Å². The molecule has 1 fully saturated rings. The van der Waals surface area contributed by atoms with E-state index in [-0.39, 0.29) is 37.9 Å². The first-order valence-corrected chi connectivity index (χ1v) is 8.49. The lowest BCUT2D eigenvalue weighted by atomic mass is 9.88. The van der Waals surface area contributed by atoms with E-state index in [1.807, 2.05) is 5.32 Å². The zero-order valence-corrected chi connectivity index (χ0v) is 16.1. The molecule has 0 saturated heterocycles. The number of alkyl halides is 5. The maximum absolute atomic E-state index is 14.5. The third-order valence-electron chi connectivity index (χ3n) is 4.41. The van der Waals surface area contributed by atoms with Crippen LogP contribution >= 0.6 is 13.5 Å². The number of allylic oxidation sites excluding steroid dienone is 1. The van der Waals surface area contributed by atoms with Gasteiger partial charge < -0.3 is 15.7 Å². The van der Waals surface area contributed by atoms with Crippen LogP contribution in [0.2, 0.25) is 0 Å². The van der Waals surface area contributed by atoms with E-state index in [0.717, 1.165) is 6.92 Å². The highest BCUT2D eigenvalue weighted by Gasteiger charge is 2.45. The fourth-order valence-electron chi connectivity index (χ4n) is 2.79. The van der Waals surface area contributed by atoms with Gasteiger partial charge in [-0.3, -0.25) is 0 Å². The van der Waals surface area contributed by atoms with E-state index in [9.17, 15) is 31.4 Å². The summed E-state index contributed by atoms with van der Waals surface area (Å²) in [5.41, 5.74) is -0.287. The molecule has 13 heteroatoms. The highest BCUT2D eigenvalue weighted by molar-refractivity contribution is 7.59. The number of aliphatic hydroxyl groups excluding tert-OH is 1. The molecule has 3 rings (SSSR count). The number of anilines is 2. The summed E-state index contributed by atoms with van der Waals surface area (Å²) < 4.78 is 94.5. The number of nitrogens with one attached hydrogen (secondary N) is 2. The van der Waals surface area contributed by atoms with Crippen molar-refractivity contribution in [2.45, 2.75) is 69.3 Å². The molecule has 3 N–H and O–H groups in total. The number of hydrogen-bond acceptors (Lipinski definition) is 6. The molecule has 29 heavy (non-hydrogen) atoms. The van der Waals surface area contributed by atoms with Crippen molar-refractivity contribution in [3.8, 4) is 0 Å². The van der Waals surface area contributed by atoms with Crippen molar-refractivity contribution in [2.75, 3.05) is 10.6 Å². The normalized spacial score (nSPS) is 25.9. The Morgan fingerprint density at radius 2 is 1.83 bits per heavy atom. The fraction of sp³-hybridized carbons (Fsp3) is 0.688. The Morgan fingerprint density at radius 3 is 2.41 bits per heavy atom. The smallest absolute Gasteiger partial charge is 0.386 e. The van der Waals surface area contributed by atoms with E-state index < -0.39 is 67.1 Å². The van der Waals surface area contributed by atoms with Crippen molar-refractivity contribution in [3.63, 3.8) is 0 Å². The van der Waals surface area contributed by atoms with E-state index in [1.54, 1.807) is 0 Å². The second kappa shape index (κ2) is 8.54. The zero-order chi connectivity index (χ0) is 22.5. The molecule has 164 valence electrons. The molecule has 0 aliphatic heterocycles. The summed E-state index contributed by atoms with van der Waals surface area (Å²) in [4.78, 5) is 11.4. The van der Waals surface area contributed by atoms with Gasteiger partial charge in [0.05, 0.1) is 0 Å². The summed E-state index contributed by atoms with van der Waals surface area (Å²) in [5.74, 6) is -5.42. The molecule has 6 nitrogen and oxygen atoms in total. The van der Waals surface area contributed by atoms with Crippen LogP contribution in [-0.4, -0.2) is 50.3 Å². The van der Waals surface area contributed by atoms with Crippen molar-refractivity contribution in [1.82, 2.24) is 15.0 Å². The minimum absolute atomic E-state index is 0. The third kappa shape index (κ3) is 5.65. The number of rotatable bonds is 5. The van der Waals surface area contributed by atoms with Crippen LogP contribution in [0.1, 0.15) is 47.5 Å². The second-order valence-electron chi connectivity index (χ2n) is 6.75. The molecular formula is C16H21F6N5OS. The predicted octanol–water partition coefficient (Wildman–Crippen LogP) is 3.78. The van der Waals surface area contributed by atoms with E-state index in [2.05, 4.69) is 20.3 Å². The first-order chi connectivity index (χ1) is 13.7. The Kier molecular flexibility index (Phi) is 6.04. The minimum Gasteiger partial charge on any atom is -0.386 e. The second-order valence-corrected chi connectivity index (χ2v) is 6.75. The number of hydrogen-bond donors (Lipinski definition) is 3. The van der Waals surface area contributed by atoms with Crippen LogP contribution in [0.25, 0.3) is 5.57 Å². The van der Waals surface area contributed by atoms with E-state index in [0.29, 0.717) is 0 Å². The van der Waals surface area contributed by atoms with Gasteiger partial charge in [-0.2, -0.15) is 41.6 Å². The highest BCUT2D eigenvalue weighted by Crippen LogP contribution is 2.39. The van der Waals surface area contributed by atoms with Gasteiger partial charge in [0.15, 0.2) is 5.82 Å². The standard InChI is InChI=1S/C16H19F6N5O.H2S/c1-7(16(20,21)22)23-13-25-12(9-3-2-4-10(28)11(9)17)26-14(27-13)24-8-5-15(18,19)6-8;/h7-8,10,28H,2-6H2,1H3,(H2,23,24,25,26,27);1H2/i4D2;. The summed E-state index contributed by atoms with van der Waals surface area (Å²) >= 11 is 0. The molecule has 2 aliphatic rings. The van der Waals surface area contributed by atoms with Gasteiger partial charge in [-0.25, -0.2) is 13.2 Å². The highest BCUT2D eigenvalue weighted by atomic mass is 32.1. The lowest BCUT2D eigenvalue weighted by Gasteiger charge is -2.35. The Hall–Kier alpha value is -1.76. The summed E-state index contributed by atoms with van der Waals surface area (Å²) in [6.45, 7) is 0.807. The summed E-state index contributed by atoms with van der Waals surface area (Å²) in [6, 6.07) is -2.80. The lowest BCUT2D eigenvalue weighted by Crippen LogP contribution is -2.44. The van der Waals surface area contributed by atoms with Crippen molar-refractivity contribution in [2.24, 2.45) is 0 Å². The Balaban J connectivity index is 0.00000341. The average molecular weight is 447 g/mol. The maximum Gasteiger partial charge on any atom is 0.408 e. The quantitative estimate of drug-likeness (QED) is 0.596. The van der Waals surface area contributed by atoms with Crippen LogP contribution in [0, 0.1) is 0 Å². The van der Waals surface area contributed by atoms with E-state index >= 15 is 0 Å². The topological polar surface area (TPSA) is 83.0 Å². The molecule has 0 aromatic carbocycles. The van der Waals surface area contributed by atoms with Crippen molar-refractivity contribution >= 4 is 31.0 Å². The SMILES string of the molecule is S.[2H]C1([2H])CCC(c2nc(NC3CC(F)(F)C3)nc(NC(C)C(F)(F)F)n2)=C(F)C1O. The number of aromatic nitrogens is 3. The largest absolute Gasteiger partial charge is 0.408 e. The number of nitrogens with zero attached hydrogens (tertiary/aromatic N) is 3. The first kappa shape index (κ1) is 20.5. The van der Waals surface area contributed by atoms with Gasteiger partial charge in [0.25, 0.3) is 5.92 Å². The minimum atomic E-state index is -4.64. The zero-order valence-electron chi connectivity index (χ0n) is 17.1. The molecule has 0 amide bonds. The maximum atomic E-state index is 14.5. The molecule has 1 aromatic rings. The van der Waals surface area contributed by atoms with Crippen LogP contribution in [0.5, 0.6) is 0 Å². The van der Waals surface area contributed by atoms with Crippen molar-refractivity contribution < 1.29 is 34.2 Å². The Morgan fingerprint density at radius 1 is 1.21 bits per heavy atom. The lowest BCUT2D eigenvalue weighted by molar-refractivity contribution is -0.138. The van der Waals surface area contributed by atoms with Crippen molar-refractivity contribution in [1.29, 1.82) is 0 Å². The van der Waals surface area contributed by atoms with Gasteiger partial charge in [-0.15, -0.1) is 0 Å². The first-order valence-electron chi connectivity index (χ1n) is 9.49. The predicted molar refractivity (Wildman–Crippen MR) is 98.8 cm³/mol. The molecule has 0 spiro atoms. The molecule has 0 bridgehead atoms. The van der Waals surface area contributed by atoms with E-state index in [1.165, 1.54) is 0 Å². The Bertz CT molecular complexity index is 848. The van der Waals surface area contributed by atoms with Crippen molar-refractivity contribution in [3.05, 3.63) is 11.7 Å². The molecular weight excluding hydrogens is 424 g/mol. The molecule has 0 radical (unpaired) electrons. The van der Waals surface area contributed by atoms with Gasteiger partial charge in [-0.05, 0) is 26.1 Å². The molecule has 2 aliphatic carbocycles. The molecule has 1 aromatic heterocycles. The van der Waals surface area contributed by atoms with E-state index in [4.69, 9.17) is 2.74 Å². The fourth-order valence-corrected chi connectivity index (χ4v) is 2.79.